The minimum atomic E-state index is -0.229. The summed E-state index contributed by atoms with van der Waals surface area (Å²) in [5.41, 5.74) is 5.50. The molecule has 3 aromatic carbocycles. The zero-order chi connectivity index (χ0) is 23.5. The minimum absolute atomic E-state index is 0.0780. The summed E-state index contributed by atoms with van der Waals surface area (Å²) in [6, 6.07) is 23.9. The Balaban J connectivity index is 1.34. The van der Waals surface area contributed by atoms with Crippen LogP contribution in [-0.2, 0) is 12.0 Å². The maximum atomic E-state index is 14.3. The molecule has 1 N–H and O–H groups in total. The highest BCUT2D eigenvalue weighted by molar-refractivity contribution is 5.95. The van der Waals surface area contributed by atoms with Crippen LogP contribution < -0.4 is 10.2 Å². The van der Waals surface area contributed by atoms with Crippen LogP contribution in [0.3, 0.4) is 0 Å². The predicted molar refractivity (Wildman–Crippen MR) is 136 cm³/mol. The van der Waals surface area contributed by atoms with Crippen LogP contribution in [0.4, 0.5) is 14.9 Å². The van der Waals surface area contributed by atoms with E-state index < -0.39 is 0 Å². The van der Waals surface area contributed by atoms with E-state index in [9.17, 15) is 9.18 Å². The highest BCUT2D eigenvalue weighted by Gasteiger charge is 2.46. The van der Waals surface area contributed by atoms with E-state index in [0.29, 0.717) is 13.1 Å². The fourth-order valence-electron chi connectivity index (χ4n) is 5.52. The first-order chi connectivity index (χ1) is 16.6. The van der Waals surface area contributed by atoms with Crippen molar-refractivity contribution in [2.24, 2.45) is 0 Å². The lowest BCUT2D eigenvalue weighted by molar-refractivity contribution is 0.159. The van der Waals surface area contributed by atoms with Crippen LogP contribution in [0, 0.1) is 5.82 Å². The van der Waals surface area contributed by atoms with Gasteiger partial charge < -0.3 is 5.32 Å². The van der Waals surface area contributed by atoms with E-state index in [4.69, 9.17) is 0 Å². The van der Waals surface area contributed by atoms with Gasteiger partial charge in [-0.05, 0) is 72.8 Å². The third-order valence-corrected chi connectivity index (χ3v) is 7.36. The van der Waals surface area contributed by atoms with E-state index in [0.717, 1.165) is 50.1 Å². The van der Waals surface area contributed by atoms with Gasteiger partial charge in [-0.25, -0.2) is 9.18 Å². The van der Waals surface area contributed by atoms with Crippen LogP contribution in [-0.4, -0.2) is 37.1 Å². The van der Waals surface area contributed by atoms with Crippen molar-refractivity contribution in [3.63, 3.8) is 0 Å². The standard InChI is InChI=1S/C29H32FN3O/c1-2-16-31-28(34)33-21-29(26-19-24(30)12-13-27(26)33)14-17-32(18-15-29)20-23-10-6-7-11-25(23)22-8-4-3-5-9-22/h3-13,19H,2,14-18,20-21H2,1H3,(H,31,34). The summed E-state index contributed by atoms with van der Waals surface area (Å²) in [4.78, 5) is 17.2. The number of fused-ring (bicyclic) bond motifs is 2. The molecule has 0 bridgehead atoms. The van der Waals surface area contributed by atoms with Gasteiger partial charge >= 0.3 is 6.03 Å². The summed E-state index contributed by atoms with van der Waals surface area (Å²) in [5, 5.41) is 3.00. The molecule has 1 fully saturated rings. The first-order valence-electron chi connectivity index (χ1n) is 12.3. The van der Waals surface area contributed by atoms with Crippen LogP contribution in [0.5, 0.6) is 0 Å². The molecule has 2 heterocycles. The molecule has 5 rings (SSSR count). The van der Waals surface area contributed by atoms with Gasteiger partial charge in [0.25, 0.3) is 0 Å². The third-order valence-electron chi connectivity index (χ3n) is 7.36. The van der Waals surface area contributed by atoms with E-state index >= 15 is 0 Å². The number of rotatable bonds is 5. The lowest BCUT2D eigenvalue weighted by atomic mass is 9.74. The molecule has 2 aliphatic rings. The van der Waals surface area contributed by atoms with Gasteiger partial charge in [-0.2, -0.15) is 0 Å². The quantitative estimate of drug-likeness (QED) is 0.513. The summed E-state index contributed by atoms with van der Waals surface area (Å²) in [7, 11) is 0. The summed E-state index contributed by atoms with van der Waals surface area (Å²) in [6.45, 7) is 6.04. The number of nitrogens with zero attached hydrogens (tertiary/aromatic N) is 2. The van der Waals surface area contributed by atoms with Gasteiger partial charge in [-0.15, -0.1) is 0 Å². The summed E-state index contributed by atoms with van der Waals surface area (Å²) in [5.74, 6) is -0.229. The molecule has 3 aromatic rings. The zero-order valence-corrected chi connectivity index (χ0v) is 19.8. The van der Waals surface area contributed by atoms with Gasteiger partial charge in [0, 0.05) is 30.7 Å². The van der Waals surface area contributed by atoms with Gasteiger partial charge in [0.05, 0.1) is 0 Å². The number of hydrogen-bond donors (Lipinski definition) is 1. The van der Waals surface area contributed by atoms with Crippen LogP contribution in [0.2, 0.25) is 0 Å². The van der Waals surface area contributed by atoms with Crippen LogP contribution in [0.1, 0.15) is 37.3 Å². The number of amides is 2. The Kier molecular flexibility index (Phi) is 6.38. The highest BCUT2D eigenvalue weighted by atomic mass is 19.1. The molecule has 1 spiro atoms. The molecule has 0 unspecified atom stereocenters. The SMILES string of the molecule is CCCNC(=O)N1CC2(CCN(Cc3ccccc3-c3ccccc3)CC2)c2cc(F)ccc21. The molecule has 1 saturated heterocycles. The van der Waals surface area contributed by atoms with Gasteiger partial charge in [-0.1, -0.05) is 61.5 Å². The smallest absolute Gasteiger partial charge is 0.321 e. The molecule has 4 nitrogen and oxygen atoms in total. The second-order valence-corrected chi connectivity index (χ2v) is 9.56. The summed E-state index contributed by atoms with van der Waals surface area (Å²) < 4.78 is 14.3. The van der Waals surface area contributed by atoms with Crippen molar-refractivity contribution in [1.29, 1.82) is 0 Å². The Hall–Kier alpha value is -3.18. The fourth-order valence-corrected chi connectivity index (χ4v) is 5.52. The third kappa shape index (κ3) is 4.32. The van der Waals surface area contributed by atoms with Crippen LogP contribution in [0.25, 0.3) is 11.1 Å². The van der Waals surface area contributed by atoms with Crippen molar-refractivity contribution in [3.05, 3.63) is 89.7 Å². The minimum Gasteiger partial charge on any atom is -0.338 e. The van der Waals surface area contributed by atoms with Crippen molar-refractivity contribution < 1.29 is 9.18 Å². The number of carbonyl (C=O) groups is 1. The average molecular weight is 458 g/mol. The van der Waals surface area contributed by atoms with Crippen molar-refractivity contribution >= 4 is 11.7 Å². The van der Waals surface area contributed by atoms with Crippen molar-refractivity contribution in [1.82, 2.24) is 10.2 Å². The van der Waals surface area contributed by atoms with Crippen molar-refractivity contribution in [3.8, 4) is 11.1 Å². The van der Waals surface area contributed by atoms with E-state index in [1.807, 2.05) is 17.9 Å². The van der Waals surface area contributed by atoms with E-state index in [2.05, 4.69) is 58.7 Å². The molecule has 0 saturated carbocycles. The van der Waals surface area contributed by atoms with E-state index in [-0.39, 0.29) is 17.3 Å². The number of carbonyl (C=O) groups excluding carboxylic acids is 1. The molecule has 176 valence electrons. The topological polar surface area (TPSA) is 35.6 Å². The molecule has 0 aromatic heterocycles. The highest BCUT2D eigenvalue weighted by Crippen LogP contribution is 2.47. The van der Waals surface area contributed by atoms with Gasteiger partial charge in [0.1, 0.15) is 5.82 Å². The van der Waals surface area contributed by atoms with E-state index in [1.165, 1.54) is 22.8 Å². The molecule has 0 aliphatic carbocycles. The first kappa shape index (κ1) is 22.6. The number of anilines is 1. The number of urea groups is 1. The second-order valence-electron chi connectivity index (χ2n) is 9.56. The molecule has 2 aliphatic heterocycles. The lowest BCUT2D eigenvalue weighted by Crippen LogP contribution is -2.47. The molecule has 5 heteroatoms. The summed E-state index contributed by atoms with van der Waals surface area (Å²) in [6.07, 6.45) is 2.71. The molecule has 34 heavy (non-hydrogen) atoms. The number of hydrogen-bond acceptors (Lipinski definition) is 2. The van der Waals surface area contributed by atoms with Crippen molar-refractivity contribution in [2.75, 3.05) is 31.1 Å². The van der Waals surface area contributed by atoms with Crippen LogP contribution in [0.15, 0.2) is 72.8 Å². The van der Waals surface area contributed by atoms with Gasteiger partial charge in [0.2, 0.25) is 0 Å². The number of nitrogens with one attached hydrogen (secondary N) is 1. The Morgan fingerprint density at radius 1 is 1.00 bits per heavy atom. The van der Waals surface area contributed by atoms with E-state index in [1.54, 1.807) is 12.1 Å². The second kappa shape index (κ2) is 9.59. The Morgan fingerprint density at radius 2 is 1.74 bits per heavy atom. The monoisotopic (exact) mass is 457 g/mol. The number of piperidine rings is 1. The predicted octanol–water partition coefficient (Wildman–Crippen LogP) is 5.97. The number of halogens is 1. The normalized spacial score (nSPS) is 17.1. The van der Waals surface area contributed by atoms with Crippen LogP contribution >= 0.6 is 0 Å². The molecular formula is C29H32FN3O. The maximum absolute atomic E-state index is 14.3. The average Bonchev–Trinajstić information content (AvgIpc) is 3.18. The number of benzene rings is 3. The largest absolute Gasteiger partial charge is 0.338 e. The lowest BCUT2D eigenvalue weighted by Gasteiger charge is -2.40. The molecule has 2 amide bonds. The van der Waals surface area contributed by atoms with Gasteiger partial charge in [0.15, 0.2) is 0 Å². The Bertz CT molecular complexity index is 1160. The zero-order valence-electron chi connectivity index (χ0n) is 19.8. The summed E-state index contributed by atoms with van der Waals surface area (Å²) >= 11 is 0. The Labute approximate surface area is 201 Å². The fraction of sp³-hybridized carbons (Fsp3) is 0.345. The molecule has 0 atom stereocenters. The van der Waals surface area contributed by atoms with Crippen molar-refractivity contribution in [2.45, 2.75) is 38.1 Å². The maximum Gasteiger partial charge on any atom is 0.321 e. The number of likely N-dealkylation sites (tertiary alicyclic amines) is 1. The Morgan fingerprint density at radius 3 is 2.50 bits per heavy atom. The van der Waals surface area contributed by atoms with Gasteiger partial charge in [-0.3, -0.25) is 9.80 Å². The molecule has 0 radical (unpaired) electrons. The first-order valence-corrected chi connectivity index (χ1v) is 12.3. The molecular weight excluding hydrogens is 425 g/mol.